The van der Waals surface area contributed by atoms with Crippen LogP contribution in [-0.4, -0.2) is 39.3 Å². The van der Waals surface area contributed by atoms with Crippen LogP contribution in [0.2, 0.25) is 0 Å². The molecule has 0 aliphatic carbocycles. The minimum Gasteiger partial charge on any atom is -0.494 e. The zero-order chi connectivity index (χ0) is 17.9. The first-order valence-corrected chi connectivity index (χ1v) is 8.57. The maximum Gasteiger partial charge on any atom is 0.258 e. The molecule has 0 aliphatic rings. The van der Waals surface area contributed by atoms with Crippen molar-refractivity contribution in [2.75, 3.05) is 38.3 Å². The minimum absolute atomic E-state index is 0.00418. The Hall–Kier alpha value is -2.69. The molecule has 0 fully saturated rings. The zero-order valence-electron chi connectivity index (χ0n) is 14.9. The van der Waals surface area contributed by atoms with Crippen LogP contribution in [0.15, 0.2) is 54.6 Å². The fourth-order valence-corrected chi connectivity index (χ4v) is 2.23. The highest BCUT2D eigenvalue weighted by Gasteiger charge is 2.04. The molecule has 1 N–H and O–H groups in total. The highest BCUT2D eigenvalue weighted by molar-refractivity contribution is 5.77. The predicted molar refractivity (Wildman–Crippen MR) is 100 cm³/mol. The molecular weight excluding hydrogens is 316 g/mol. The van der Waals surface area contributed by atoms with Crippen molar-refractivity contribution in [3.63, 3.8) is 0 Å². The number of benzene rings is 2. The van der Waals surface area contributed by atoms with E-state index in [0.717, 1.165) is 24.4 Å². The summed E-state index contributed by atoms with van der Waals surface area (Å²) in [5.41, 5.74) is 1.12. The molecule has 2 aromatic rings. The van der Waals surface area contributed by atoms with Crippen molar-refractivity contribution in [1.82, 2.24) is 5.32 Å². The fraction of sp³-hybridized carbons (Fsp3) is 0.350. The molecule has 0 bridgehead atoms. The number of likely N-dealkylation sites (N-methyl/N-ethyl adjacent to an activating group) is 1. The van der Waals surface area contributed by atoms with Crippen LogP contribution in [0.25, 0.3) is 0 Å². The molecule has 25 heavy (non-hydrogen) atoms. The molecule has 5 heteroatoms. The molecule has 2 aromatic carbocycles. The van der Waals surface area contributed by atoms with Crippen LogP contribution < -0.4 is 19.7 Å². The number of amides is 1. The van der Waals surface area contributed by atoms with E-state index in [9.17, 15) is 4.79 Å². The van der Waals surface area contributed by atoms with Crippen LogP contribution in [0.3, 0.4) is 0 Å². The van der Waals surface area contributed by atoms with Gasteiger partial charge < -0.3 is 19.7 Å². The van der Waals surface area contributed by atoms with Crippen molar-refractivity contribution >= 4 is 11.6 Å². The van der Waals surface area contributed by atoms with E-state index in [-0.39, 0.29) is 12.5 Å². The highest BCUT2D eigenvalue weighted by Crippen LogP contribution is 2.17. The maximum absolute atomic E-state index is 11.9. The number of nitrogens with zero attached hydrogens (tertiary/aromatic N) is 1. The normalized spacial score (nSPS) is 10.2. The first kappa shape index (κ1) is 18.6. The van der Waals surface area contributed by atoms with Crippen LogP contribution in [0.5, 0.6) is 11.5 Å². The molecule has 0 aliphatic heterocycles. The largest absolute Gasteiger partial charge is 0.494 e. The number of carbonyl (C=O) groups is 1. The molecule has 0 radical (unpaired) electrons. The van der Waals surface area contributed by atoms with Gasteiger partial charge >= 0.3 is 0 Å². The van der Waals surface area contributed by atoms with Crippen molar-refractivity contribution in [2.45, 2.75) is 13.3 Å². The lowest BCUT2D eigenvalue weighted by molar-refractivity contribution is -0.123. The number of hydrogen-bond acceptors (Lipinski definition) is 4. The van der Waals surface area contributed by atoms with E-state index in [1.807, 2.05) is 49.5 Å². The number of rotatable bonds is 10. The Labute approximate surface area is 149 Å². The molecule has 0 saturated carbocycles. The van der Waals surface area contributed by atoms with Gasteiger partial charge in [0, 0.05) is 25.8 Å². The van der Waals surface area contributed by atoms with E-state index in [4.69, 9.17) is 9.47 Å². The predicted octanol–water partition coefficient (Wildman–Crippen LogP) is 3.11. The topological polar surface area (TPSA) is 50.8 Å². The van der Waals surface area contributed by atoms with E-state index in [1.54, 1.807) is 12.1 Å². The minimum atomic E-state index is -0.132. The van der Waals surface area contributed by atoms with Crippen LogP contribution in [0, 0.1) is 0 Å². The quantitative estimate of drug-likeness (QED) is 0.721. The summed E-state index contributed by atoms with van der Waals surface area (Å²) in [5, 5.41) is 2.86. The first-order valence-electron chi connectivity index (χ1n) is 8.57. The lowest BCUT2D eigenvalue weighted by Crippen LogP contribution is -2.35. The average molecular weight is 342 g/mol. The van der Waals surface area contributed by atoms with Gasteiger partial charge in [0.2, 0.25) is 0 Å². The summed E-state index contributed by atoms with van der Waals surface area (Å²) >= 11 is 0. The van der Waals surface area contributed by atoms with E-state index in [0.29, 0.717) is 18.9 Å². The van der Waals surface area contributed by atoms with Gasteiger partial charge in [0.15, 0.2) is 6.61 Å². The molecule has 0 unspecified atom stereocenters. The SMILES string of the molecule is CCCOc1ccc(OCC(=O)NCCN(C)c2ccccc2)cc1. The summed E-state index contributed by atoms with van der Waals surface area (Å²) in [6.07, 6.45) is 0.970. The third kappa shape index (κ3) is 6.75. The Bertz CT molecular complexity index is 629. The van der Waals surface area contributed by atoms with Crippen LogP contribution in [0.1, 0.15) is 13.3 Å². The van der Waals surface area contributed by atoms with Crippen molar-refractivity contribution in [3.05, 3.63) is 54.6 Å². The standard InChI is InChI=1S/C20H26N2O3/c1-3-15-24-18-9-11-19(12-10-18)25-16-20(23)21-13-14-22(2)17-7-5-4-6-8-17/h4-12H,3,13-16H2,1-2H3,(H,21,23). The molecule has 0 spiro atoms. The number of nitrogens with one attached hydrogen (secondary N) is 1. The van der Waals surface area contributed by atoms with Crippen LogP contribution in [-0.2, 0) is 4.79 Å². The van der Waals surface area contributed by atoms with Gasteiger partial charge in [-0.3, -0.25) is 4.79 Å². The van der Waals surface area contributed by atoms with E-state index in [2.05, 4.69) is 17.1 Å². The van der Waals surface area contributed by atoms with E-state index in [1.165, 1.54) is 0 Å². The van der Waals surface area contributed by atoms with Crippen LogP contribution >= 0.6 is 0 Å². The molecule has 5 nitrogen and oxygen atoms in total. The second kappa shape index (κ2) is 10.2. The molecule has 1 amide bonds. The zero-order valence-corrected chi connectivity index (χ0v) is 14.9. The van der Waals surface area contributed by atoms with Gasteiger partial charge in [0.1, 0.15) is 11.5 Å². The lowest BCUT2D eigenvalue weighted by Gasteiger charge is -2.19. The molecule has 0 heterocycles. The van der Waals surface area contributed by atoms with Gasteiger partial charge in [-0.05, 0) is 42.8 Å². The van der Waals surface area contributed by atoms with Crippen molar-refractivity contribution < 1.29 is 14.3 Å². The van der Waals surface area contributed by atoms with Crippen LogP contribution in [0.4, 0.5) is 5.69 Å². The smallest absolute Gasteiger partial charge is 0.258 e. The second-order valence-corrected chi connectivity index (χ2v) is 5.72. The van der Waals surface area contributed by atoms with Gasteiger partial charge in [0.05, 0.1) is 6.61 Å². The summed E-state index contributed by atoms with van der Waals surface area (Å²) in [4.78, 5) is 14.0. The molecule has 134 valence electrons. The monoisotopic (exact) mass is 342 g/mol. The van der Waals surface area contributed by atoms with Gasteiger partial charge in [-0.2, -0.15) is 0 Å². The van der Waals surface area contributed by atoms with Gasteiger partial charge in [0.25, 0.3) is 5.91 Å². The molecular formula is C20H26N2O3. The Kier molecular flexibility index (Phi) is 7.63. The number of anilines is 1. The first-order chi connectivity index (χ1) is 12.2. The van der Waals surface area contributed by atoms with Crippen molar-refractivity contribution in [2.24, 2.45) is 0 Å². The van der Waals surface area contributed by atoms with Gasteiger partial charge in [-0.1, -0.05) is 25.1 Å². The summed E-state index contributed by atoms with van der Waals surface area (Å²) in [6.45, 7) is 4.06. The Morgan fingerprint density at radius 1 is 1.00 bits per heavy atom. The van der Waals surface area contributed by atoms with E-state index < -0.39 is 0 Å². The summed E-state index contributed by atoms with van der Waals surface area (Å²) in [5.74, 6) is 1.33. The third-order valence-electron chi connectivity index (χ3n) is 3.63. The molecule has 0 saturated heterocycles. The third-order valence-corrected chi connectivity index (χ3v) is 3.63. The Morgan fingerprint density at radius 2 is 1.64 bits per heavy atom. The Balaban J connectivity index is 1.65. The van der Waals surface area contributed by atoms with E-state index >= 15 is 0 Å². The molecule has 0 atom stereocenters. The average Bonchev–Trinajstić information content (AvgIpc) is 2.66. The highest BCUT2D eigenvalue weighted by atomic mass is 16.5. The van der Waals surface area contributed by atoms with Crippen molar-refractivity contribution in [3.8, 4) is 11.5 Å². The molecule has 0 aromatic heterocycles. The number of ether oxygens (including phenoxy) is 2. The summed E-state index contributed by atoms with van der Waals surface area (Å²) in [7, 11) is 2.00. The Morgan fingerprint density at radius 3 is 2.28 bits per heavy atom. The number of hydrogen-bond donors (Lipinski definition) is 1. The fourth-order valence-electron chi connectivity index (χ4n) is 2.23. The molecule has 2 rings (SSSR count). The second-order valence-electron chi connectivity index (χ2n) is 5.72. The number of carbonyl (C=O) groups excluding carboxylic acids is 1. The van der Waals surface area contributed by atoms with Gasteiger partial charge in [-0.15, -0.1) is 0 Å². The maximum atomic E-state index is 11.9. The van der Waals surface area contributed by atoms with Gasteiger partial charge in [-0.25, -0.2) is 0 Å². The lowest BCUT2D eigenvalue weighted by atomic mass is 10.3. The van der Waals surface area contributed by atoms with Crippen molar-refractivity contribution in [1.29, 1.82) is 0 Å². The summed E-state index contributed by atoms with van der Waals surface area (Å²) in [6, 6.07) is 17.4. The summed E-state index contributed by atoms with van der Waals surface area (Å²) < 4.78 is 11.0. The number of para-hydroxylation sites is 1.